The quantitative estimate of drug-likeness (QED) is 0.888. The van der Waals surface area contributed by atoms with Gasteiger partial charge in [0.2, 0.25) is 10.0 Å². The van der Waals surface area contributed by atoms with E-state index in [2.05, 4.69) is 24.4 Å². The largest absolute Gasteiger partial charge is 0.380 e. The summed E-state index contributed by atoms with van der Waals surface area (Å²) in [4.78, 5) is 2.96. The molecule has 1 heterocycles. The molecule has 0 atom stereocenters. The van der Waals surface area contributed by atoms with Crippen LogP contribution in [0.15, 0.2) is 41.3 Å². The zero-order valence-corrected chi connectivity index (χ0v) is 14.1. The molecule has 21 heavy (non-hydrogen) atoms. The second-order valence-corrected chi connectivity index (χ2v) is 8.29. The van der Waals surface area contributed by atoms with Crippen molar-refractivity contribution in [1.29, 1.82) is 0 Å². The first-order chi connectivity index (χ1) is 9.93. The summed E-state index contributed by atoms with van der Waals surface area (Å²) in [6, 6.07) is 11.1. The number of anilines is 1. The van der Waals surface area contributed by atoms with Crippen molar-refractivity contribution in [3.05, 3.63) is 46.2 Å². The number of thiophene rings is 1. The molecule has 0 aliphatic rings. The van der Waals surface area contributed by atoms with Crippen LogP contribution in [0.1, 0.15) is 16.7 Å². The van der Waals surface area contributed by atoms with Crippen LogP contribution in [-0.4, -0.2) is 26.8 Å². The summed E-state index contributed by atoms with van der Waals surface area (Å²) in [6.07, 6.45) is 1.06. The number of benzene rings is 1. The number of hydrogen-bond donors (Lipinski definition) is 1. The Kier molecular flexibility index (Phi) is 5.03. The molecule has 0 unspecified atom stereocenters. The fraction of sp³-hybridized carbons (Fsp3) is 0.333. The molecule has 0 aliphatic heterocycles. The Labute approximate surface area is 130 Å². The normalized spacial score (nSPS) is 11.8. The average Bonchev–Trinajstić information content (AvgIpc) is 2.93. The molecule has 0 saturated heterocycles. The van der Waals surface area contributed by atoms with E-state index in [4.69, 9.17) is 0 Å². The van der Waals surface area contributed by atoms with Crippen LogP contribution in [-0.2, 0) is 23.0 Å². The van der Waals surface area contributed by atoms with E-state index < -0.39 is 10.0 Å². The number of aryl methyl sites for hydroxylation is 1. The summed E-state index contributed by atoms with van der Waals surface area (Å²) in [5.41, 5.74) is 0.916. The highest BCUT2D eigenvalue weighted by molar-refractivity contribution is 7.89. The van der Waals surface area contributed by atoms with Gasteiger partial charge in [0.1, 0.15) is 0 Å². The van der Waals surface area contributed by atoms with Gasteiger partial charge in [0.15, 0.2) is 0 Å². The lowest BCUT2D eigenvalue weighted by Crippen LogP contribution is -2.22. The first kappa shape index (κ1) is 16.0. The van der Waals surface area contributed by atoms with Crippen molar-refractivity contribution in [1.82, 2.24) is 4.31 Å². The van der Waals surface area contributed by atoms with Gasteiger partial charge >= 0.3 is 0 Å². The van der Waals surface area contributed by atoms with Gasteiger partial charge in [0, 0.05) is 36.1 Å². The van der Waals surface area contributed by atoms with E-state index in [9.17, 15) is 8.42 Å². The van der Waals surface area contributed by atoms with Gasteiger partial charge in [-0.25, -0.2) is 12.7 Å². The number of sulfonamides is 1. The third kappa shape index (κ3) is 3.84. The number of nitrogens with zero attached hydrogens (tertiary/aromatic N) is 1. The smallest absolute Gasteiger partial charge is 0.242 e. The number of rotatable bonds is 6. The van der Waals surface area contributed by atoms with Gasteiger partial charge in [0.05, 0.1) is 4.90 Å². The molecule has 0 aliphatic carbocycles. The first-order valence-corrected chi connectivity index (χ1v) is 9.03. The minimum absolute atomic E-state index is 0.308. The van der Waals surface area contributed by atoms with Gasteiger partial charge in [-0.15, -0.1) is 11.3 Å². The van der Waals surface area contributed by atoms with E-state index in [-0.39, 0.29) is 0 Å². The van der Waals surface area contributed by atoms with Crippen LogP contribution in [0.3, 0.4) is 0 Å². The van der Waals surface area contributed by atoms with Crippen molar-refractivity contribution in [3.8, 4) is 0 Å². The highest BCUT2D eigenvalue weighted by Gasteiger charge is 2.16. The molecule has 0 saturated carbocycles. The summed E-state index contributed by atoms with van der Waals surface area (Å²) in [5.74, 6) is 0. The highest BCUT2D eigenvalue weighted by Crippen LogP contribution is 2.20. The molecule has 4 nitrogen and oxygen atoms in total. The standard InChI is InChI=1S/C15H20N2O2S2/c1-4-13-7-8-14(20-13)11-16-12-5-9-15(10-6-12)21(18,19)17(2)3/h5-10,16H,4,11H2,1-3H3. The van der Waals surface area contributed by atoms with Gasteiger partial charge in [-0.1, -0.05) is 6.92 Å². The molecule has 0 amide bonds. The fourth-order valence-corrected chi connectivity index (χ4v) is 3.65. The van der Waals surface area contributed by atoms with E-state index in [0.29, 0.717) is 4.90 Å². The van der Waals surface area contributed by atoms with E-state index >= 15 is 0 Å². The minimum atomic E-state index is -3.35. The number of hydrogen-bond acceptors (Lipinski definition) is 4. The molecular formula is C15H20N2O2S2. The minimum Gasteiger partial charge on any atom is -0.380 e. The predicted octanol–water partition coefficient (Wildman–Crippen LogP) is 3.17. The zero-order chi connectivity index (χ0) is 15.5. The Morgan fingerprint density at radius 1 is 1.05 bits per heavy atom. The molecular weight excluding hydrogens is 304 g/mol. The summed E-state index contributed by atoms with van der Waals surface area (Å²) >= 11 is 1.80. The van der Waals surface area contributed by atoms with Crippen molar-refractivity contribution >= 4 is 27.0 Å². The average molecular weight is 324 g/mol. The van der Waals surface area contributed by atoms with Gasteiger partial charge in [-0.05, 0) is 42.8 Å². The summed E-state index contributed by atoms with van der Waals surface area (Å²) in [6.45, 7) is 2.90. The number of nitrogens with one attached hydrogen (secondary N) is 1. The molecule has 1 N–H and O–H groups in total. The fourth-order valence-electron chi connectivity index (χ4n) is 1.85. The van der Waals surface area contributed by atoms with Crippen LogP contribution in [0.5, 0.6) is 0 Å². The lowest BCUT2D eigenvalue weighted by atomic mass is 10.3. The Hall–Kier alpha value is -1.37. The summed E-state index contributed by atoms with van der Waals surface area (Å²) < 4.78 is 25.1. The lowest BCUT2D eigenvalue weighted by Gasteiger charge is -2.12. The maximum atomic E-state index is 12.0. The van der Waals surface area contributed by atoms with Crippen molar-refractivity contribution in [3.63, 3.8) is 0 Å². The summed E-state index contributed by atoms with van der Waals surface area (Å²) in [7, 11) is -0.291. The van der Waals surface area contributed by atoms with Gasteiger partial charge in [-0.3, -0.25) is 0 Å². The van der Waals surface area contributed by atoms with Gasteiger partial charge in [0.25, 0.3) is 0 Å². The molecule has 0 radical (unpaired) electrons. The third-order valence-corrected chi connectivity index (χ3v) is 6.22. The molecule has 0 fully saturated rings. The zero-order valence-electron chi connectivity index (χ0n) is 12.5. The highest BCUT2D eigenvalue weighted by atomic mass is 32.2. The van der Waals surface area contributed by atoms with Crippen LogP contribution >= 0.6 is 11.3 Å². The van der Waals surface area contributed by atoms with Crippen LogP contribution in [0, 0.1) is 0 Å². The topological polar surface area (TPSA) is 49.4 Å². The monoisotopic (exact) mass is 324 g/mol. The SMILES string of the molecule is CCc1ccc(CNc2ccc(S(=O)(=O)N(C)C)cc2)s1. The Morgan fingerprint density at radius 3 is 2.19 bits per heavy atom. The third-order valence-electron chi connectivity index (χ3n) is 3.17. The second kappa shape index (κ2) is 6.60. The molecule has 1 aromatic heterocycles. The van der Waals surface area contributed by atoms with Gasteiger partial charge < -0.3 is 5.32 Å². The van der Waals surface area contributed by atoms with Crippen LogP contribution < -0.4 is 5.32 Å². The van der Waals surface area contributed by atoms with E-state index in [1.165, 1.54) is 28.2 Å². The van der Waals surface area contributed by atoms with E-state index in [1.807, 2.05) is 0 Å². The van der Waals surface area contributed by atoms with Crippen molar-refractivity contribution in [2.24, 2.45) is 0 Å². The predicted molar refractivity (Wildman–Crippen MR) is 88.3 cm³/mol. The molecule has 2 aromatic rings. The van der Waals surface area contributed by atoms with Crippen molar-refractivity contribution in [2.45, 2.75) is 24.8 Å². The maximum absolute atomic E-state index is 12.0. The van der Waals surface area contributed by atoms with Crippen molar-refractivity contribution < 1.29 is 8.42 Å². The lowest BCUT2D eigenvalue weighted by molar-refractivity contribution is 0.521. The molecule has 0 bridgehead atoms. The summed E-state index contributed by atoms with van der Waals surface area (Å²) in [5, 5.41) is 3.31. The molecule has 6 heteroatoms. The van der Waals surface area contributed by atoms with E-state index in [1.54, 1.807) is 35.6 Å². The molecule has 2 rings (SSSR count). The van der Waals surface area contributed by atoms with E-state index in [0.717, 1.165) is 18.7 Å². The van der Waals surface area contributed by atoms with Crippen LogP contribution in [0.2, 0.25) is 0 Å². The van der Waals surface area contributed by atoms with Crippen molar-refractivity contribution in [2.75, 3.05) is 19.4 Å². The molecule has 0 spiro atoms. The Morgan fingerprint density at radius 2 is 1.67 bits per heavy atom. The Balaban J connectivity index is 2.03. The molecule has 1 aromatic carbocycles. The Bertz CT molecular complexity index is 689. The molecule has 114 valence electrons. The van der Waals surface area contributed by atoms with Crippen LogP contribution in [0.4, 0.5) is 5.69 Å². The first-order valence-electron chi connectivity index (χ1n) is 6.77. The maximum Gasteiger partial charge on any atom is 0.242 e. The van der Waals surface area contributed by atoms with Crippen LogP contribution in [0.25, 0.3) is 0 Å². The van der Waals surface area contributed by atoms with Gasteiger partial charge in [-0.2, -0.15) is 0 Å². The second-order valence-electron chi connectivity index (χ2n) is 4.89.